The first-order chi connectivity index (χ1) is 22.8. The first-order valence-electron chi connectivity index (χ1n) is 15.5. The maximum absolute atomic E-state index is 6.02. The lowest BCUT2D eigenvalue weighted by Crippen LogP contribution is -1.93. The van der Waals surface area contributed by atoms with E-state index in [2.05, 4.69) is 155 Å². The molecule has 7 aromatic carbocycles. The zero-order valence-electron chi connectivity index (χ0n) is 25.0. The molecule has 0 aliphatic heterocycles. The Morgan fingerprint density at radius 3 is 1.59 bits per heavy atom. The third kappa shape index (κ3) is 4.49. The van der Waals surface area contributed by atoms with Crippen molar-refractivity contribution in [2.24, 2.45) is 0 Å². The molecular formula is C43H28N2O. The number of aromatic nitrogens is 2. The van der Waals surface area contributed by atoms with Crippen molar-refractivity contribution in [1.82, 2.24) is 9.55 Å². The Balaban J connectivity index is 1.17. The third-order valence-corrected chi connectivity index (χ3v) is 8.84. The first-order valence-corrected chi connectivity index (χ1v) is 15.5. The van der Waals surface area contributed by atoms with E-state index in [1.54, 1.807) is 0 Å². The summed E-state index contributed by atoms with van der Waals surface area (Å²) in [6.07, 6.45) is 0. The van der Waals surface area contributed by atoms with Gasteiger partial charge in [0.2, 0.25) is 5.89 Å². The summed E-state index contributed by atoms with van der Waals surface area (Å²) in [5.41, 5.74) is 13.3. The van der Waals surface area contributed by atoms with E-state index in [-0.39, 0.29) is 0 Å². The van der Waals surface area contributed by atoms with Gasteiger partial charge in [-0.05, 0) is 100 Å². The van der Waals surface area contributed by atoms with E-state index in [1.165, 1.54) is 49.6 Å². The molecule has 0 saturated carbocycles. The van der Waals surface area contributed by atoms with Crippen LogP contribution in [0.1, 0.15) is 0 Å². The summed E-state index contributed by atoms with van der Waals surface area (Å²) in [6, 6.07) is 60.0. The second kappa shape index (κ2) is 10.8. The molecule has 0 aliphatic carbocycles. The summed E-state index contributed by atoms with van der Waals surface area (Å²) >= 11 is 0. The number of oxazole rings is 1. The molecule has 0 atom stereocenters. The Morgan fingerprint density at radius 2 is 0.891 bits per heavy atom. The van der Waals surface area contributed by atoms with Crippen LogP contribution in [0.5, 0.6) is 0 Å². The molecule has 0 N–H and O–H groups in total. The Kier molecular flexibility index (Phi) is 6.14. The number of hydrogen-bond donors (Lipinski definition) is 0. The average Bonchev–Trinajstić information content (AvgIpc) is 3.71. The molecule has 0 radical (unpaired) electrons. The maximum Gasteiger partial charge on any atom is 0.227 e. The molecule has 0 spiro atoms. The van der Waals surface area contributed by atoms with Gasteiger partial charge >= 0.3 is 0 Å². The number of rotatable bonds is 5. The summed E-state index contributed by atoms with van der Waals surface area (Å²) in [5, 5.41) is 2.45. The van der Waals surface area contributed by atoms with Gasteiger partial charge < -0.3 is 8.98 Å². The first kappa shape index (κ1) is 26.2. The summed E-state index contributed by atoms with van der Waals surface area (Å²) < 4.78 is 8.39. The van der Waals surface area contributed by atoms with Crippen LogP contribution < -0.4 is 0 Å². The molecule has 2 heterocycles. The monoisotopic (exact) mass is 588 g/mol. The van der Waals surface area contributed by atoms with Crippen molar-refractivity contribution < 1.29 is 4.42 Å². The lowest BCUT2D eigenvalue weighted by Gasteiger charge is -2.09. The number of nitrogens with zero attached hydrogens (tertiary/aromatic N) is 2. The van der Waals surface area contributed by atoms with E-state index >= 15 is 0 Å². The summed E-state index contributed by atoms with van der Waals surface area (Å²) in [4.78, 5) is 4.68. The van der Waals surface area contributed by atoms with Gasteiger partial charge in [0, 0.05) is 22.0 Å². The Hall–Kier alpha value is -6.19. The molecule has 3 nitrogen and oxygen atoms in total. The molecule has 0 amide bonds. The molecule has 0 aliphatic rings. The highest BCUT2D eigenvalue weighted by atomic mass is 16.3. The molecule has 0 bridgehead atoms. The van der Waals surface area contributed by atoms with Crippen LogP contribution in [-0.4, -0.2) is 9.55 Å². The Bertz CT molecular complexity index is 2470. The molecule has 9 rings (SSSR count). The van der Waals surface area contributed by atoms with E-state index in [4.69, 9.17) is 4.42 Å². The van der Waals surface area contributed by atoms with Crippen molar-refractivity contribution in [3.8, 4) is 50.5 Å². The van der Waals surface area contributed by atoms with E-state index in [1.807, 2.05) is 24.3 Å². The summed E-state index contributed by atoms with van der Waals surface area (Å²) in [5.74, 6) is 0.637. The zero-order valence-corrected chi connectivity index (χ0v) is 25.0. The topological polar surface area (TPSA) is 31.0 Å². The third-order valence-electron chi connectivity index (χ3n) is 8.84. The SMILES string of the molecule is c1ccc(-c2cccc(-c3ccc4c(c3)c3cc(-c5ccc(-c6nc7ccccc7o6)cc5)ccc3n4-c3ccccc3)c2)cc1. The minimum absolute atomic E-state index is 0.637. The van der Waals surface area contributed by atoms with Crippen molar-refractivity contribution in [3.05, 3.63) is 170 Å². The molecule has 46 heavy (non-hydrogen) atoms. The second-order valence-electron chi connectivity index (χ2n) is 11.6. The minimum Gasteiger partial charge on any atom is -0.436 e. The highest BCUT2D eigenvalue weighted by Crippen LogP contribution is 2.38. The van der Waals surface area contributed by atoms with E-state index in [0.29, 0.717) is 5.89 Å². The van der Waals surface area contributed by atoms with Gasteiger partial charge in [0.15, 0.2) is 5.58 Å². The molecular weight excluding hydrogens is 560 g/mol. The van der Waals surface area contributed by atoms with Crippen LogP contribution in [-0.2, 0) is 0 Å². The normalized spacial score (nSPS) is 11.5. The van der Waals surface area contributed by atoms with E-state index in [0.717, 1.165) is 27.9 Å². The number of benzene rings is 7. The predicted octanol–water partition coefficient (Wildman–Crippen LogP) is 11.6. The molecule has 2 aromatic heterocycles. The van der Waals surface area contributed by atoms with Gasteiger partial charge in [-0.15, -0.1) is 0 Å². The van der Waals surface area contributed by atoms with Crippen molar-refractivity contribution >= 4 is 32.9 Å². The number of fused-ring (bicyclic) bond motifs is 4. The Morgan fingerprint density at radius 1 is 0.391 bits per heavy atom. The fourth-order valence-corrected chi connectivity index (χ4v) is 6.55. The van der Waals surface area contributed by atoms with Gasteiger partial charge in [0.1, 0.15) is 5.52 Å². The summed E-state index contributed by atoms with van der Waals surface area (Å²) in [6.45, 7) is 0. The van der Waals surface area contributed by atoms with Crippen molar-refractivity contribution in [2.45, 2.75) is 0 Å². The molecule has 0 fully saturated rings. The van der Waals surface area contributed by atoms with Crippen LogP contribution in [0.15, 0.2) is 174 Å². The van der Waals surface area contributed by atoms with Crippen molar-refractivity contribution in [1.29, 1.82) is 0 Å². The standard InChI is InChI=1S/C43H28N2O/c1-3-10-29(11-4-1)32-12-9-13-33(26-32)35-23-25-41-38(28-35)37-27-34(22-24-40(37)45(41)36-14-5-2-6-15-36)30-18-20-31(21-19-30)43-44-39-16-7-8-17-42(39)46-43/h1-28H. The number of para-hydroxylation sites is 3. The smallest absolute Gasteiger partial charge is 0.227 e. The lowest BCUT2D eigenvalue weighted by atomic mass is 9.97. The van der Waals surface area contributed by atoms with Crippen molar-refractivity contribution in [3.63, 3.8) is 0 Å². The van der Waals surface area contributed by atoms with Crippen LogP contribution >= 0.6 is 0 Å². The van der Waals surface area contributed by atoms with Crippen molar-refractivity contribution in [2.75, 3.05) is 0 Å². The van der Waals surface area contributed by atoms with Crippen LogP contribution in [0.2, 0.25) is 0 Å². The fourth-order valence-electron chi connectivity index (χ4n) is 6.55. The molecule has 9 aromatic rings. The van der Waals surface area contributed by atoms with Crippen LogP contribution in [0.25, 0.3) is 83.4 Å². The molecule has 216 valence electrons. The molecule has 0 saturated heterocycles. The van der Waals surface area contributed by atoms with Gasteiger partial charge in [-0.2, -0.15) is 0 Å². The van der Waals surface area contributed by atoms with E-state index < -0.39 is 0 Å². The highest BCUT2D eigenvalue weighted by Gasteiger charge is 2.15. The lowest BCUT2D eigenvalue weighted by molar-refractivity contribution is 0.620. The minimum atomic E-state index is 0.637. The van der Waals surface area contributed by atoms with Gasteiger partial charge in [0.05, 0.1) is 11.0 Å². The average molecular weight is 589 g/mol. The quantitative estimate of drug-likeness (QED) is 0.200. The second-order valence-corrected chi connectivity index (χ2v) is 11.6. The highest BCUT2D eigenvalue weighted by molar-refractivity contribution is 6.11. The Labute approximate surface area is 266 Å². The van der Waals surface area contributed by atoms with Gasteiger partial charge in [-0.1, -0.05) is 103 Å². The van der Waals surface area contributed by atoms with E-state index in [9.17, 15) is 0 Å². The predicted molar refractivity (Wildman–Crippen MR) is 190 cm³/mol. The maximum atomic E-state index is 6.02. The van der Waals surface area contributed by atoms with Crippen LogP contribution in [0, 0.1) is 0 Å². The molecule has 3 heteroatoms. The van der Waals surface area contributed by atoms with Gasteiger partial charge in [-0.25, -0.2) is 4.98 Å². The number of hydrogen-bond acceptors (Lipinski definition) is 2. The van der Waals surface area contributed by atoms with Crippen LogP contribution in [0.3, 0.4) is 0 Å². The largest absolute Gasteiger partial charge is 0.436 e. The van der Waals surface area contributed by atoms with Gasteiger partial charge in [-0.3, -0.25) is 0 Å². The fraction of sp³-hybridized carbons (Fsp3) is 0. The summed E-state index contributed by atoms with van der Waals surface area (Å²) in [7, 11) is 0. The zero-order chi connectivity index (χ0) is 30.5. The molecule has 0 unspecified atom stereocenters. The van der Waals surface area contributed by atoms with Crippen LogP contribution in [0.4, 0.5) is 0 Å². The van der Waals surface area contributed by atoms with Gasteiger partial charge in [0.25, 0.3) is 0 Å².